The Labute approximate surface area is 118 Å². The molecule has 102 valence electrons. The van der Waals surface area contributed by atoms with E-state index in [0.29, 0.717) is 22.1 Å². The second-order valence-corrected chi connectivity index (χ2v) is 5.43. The number of ketones is 1. The fourth-order valence-corrected chi connectivity index (χ4v) is 2.81. The van der Waals surface area contributed by atoms with Crippen LogP contribution < -0.4 is 5.56 Å². The van der Waals surface area contributed by atoms with Gasteiger partial charge in [-0.2, -0.15) is 0 Å². The first-order chi connectivity index (χ1) is 9.59. The number of carbonyl (C=O) groups excluding carboxylic acids is 1. The number of nitrogens with zero attached hydrogens (tertiary/aromatic N) is 4. The molecule has 0 spiro atoms. The molecule has 0 fully saturated rings. The van der Waals surface area contributed by atoms with E-state index >= 15 is 0 Å². The highest BCUT2D eigenvalue weighted by molar-refractivity contribution is 7.99. The number of para-hydroxylation sites is 1. The van der Waals surface area contributed by atoms with Crippen molar-refractivity contribution in [2.75, 3.05) is 5.75 Å². The van der Waals surface area contributed by atoms with Crippen LogP contribution in [0.3, 0.4) is 0 Å². The summed E-state index contributed by atoms with van der Waals surface area (Å²) < 4.78 is 3.28. The van der Waals surface area contributed by atoms with Crippen molar-refractivity contribution in [1.29, 1.82) is 0 Å². The fraction of sp³-hybridized carbons (Fsp3) is 0.231. The Bertz CT molecular complexity index is 881. The van der Waals surface area contributed by atoms with Gasteiger partial charge in [-0.15, -0.1) is 10.2 Å². The van der Waals surface area contributed by atoms with Gasteiger partial charge in [0.25, 0.3) is 5.56 Å². The van der Waals surface area contributed by atoms with Crippen LogP contribution in [0, 0.1) is 0 Å². The molecule has 0 aliphatic rings. The smallest absolute Gasteiger partial charge is 0.262 e. The summed E-state index contributed by atoms with van der Waals surface area (Å²) in [4.78, 5) is 23.4. The minimum atomic E-state index is -0.108. The van der Waals surface area contributed by atoms with Crippen molar-refractivity contribution < 1.29 is 4.79 Å². The van der Waals surface area contributed by atoms with Crippen LogP contribution in [-0.4, -0.2) is 30.7 Å². The Balaban J connectivity index is 2.35. The summed E-state index contributed by atoms with van der Waals surface area (Å²) in [6, 6.07) is 7.31. The molecular formula is C13H12N4O2S. The molecule has 3 rings (SSSR count). The Morgan fingerprint density at radius 1 is 1.30 bits per heavy atom. The molecule has 0 aliphatic heterocycles. The van der Waals surface area contributed by atoms with E-state index in [1.807, 2.05) is 22.6 Å². The van der Waals surface area contributed by atoms with Gasteiger partial charge in [-0.05, 0) is 19.1 Å². The number of rotatable bonds is 3. The number of benzene rings is 1. The largest absolute Gasteiger partial charge is 0.299 e. The minimum Gasteiger partial charge on any atom is -0.299 e. The zero-order valence-electron chi connectivity index (χ0n) is 11.0. The van der Waals surface area contributed by atoms with Gasteiger partial charge in [-0.25, -0.2) is 0 Å². The number of fused-ring (bicyclic) bond motifs is 3. The molecule has 0 radical (unpaired) electrons. The van der Waals surface area contributed by atoms with Crippen molar-refractivity contribution in [3.05, 3.63) is 34.6 Å². The monoisotopic (exact) mass is 288 g/mol. The van der Waals surface area contributed by atoms with Crippen molar-refractivity contribution in [3.8, 4) is 0 Å². The van der Waals surface area contributed by atoms with Gasteiger partial charge in [-0.3, -0.25) is 18.6 Å². The summed E-state index contributed by atoms with van der Waals surface area (Å²) in [5.74, 6) is 0.874. The third-order valence-electron chi connectivity index (χ3n) is 3.00. The predicted molar refractivity (Wildman–Crippen MR) is 77.1 cm³/mol. The van der Waals surface area contributed by atoms with Crippen LogP contribution in [0.25, 0.3) is 16.7 Å². The average molecular weight is 288 g/mol. The van der Waals surface area contributed by atoms with E-state index in [2.05, 4.69) is 10.2 Å². The summed E-state index contributed by atoms with van der Waals surface area (Å²) in [5.41, 5.74) is 0.644. The molecular weight excluding hydrogens is 276 g/mol. The van der Waals surface area contributed by atoms with E-state index in [1.165, 1.54) is 23.3 Å². The van der Waals surface area contributed by atoms with Crippen molar-refractivity contribution in [2.24, 2.45) is 7.05 Å². The first-order valence-electron chi connectivity index (χ1n) is 6.04. The third kappa shape index (κ3) is 1.90. The summed E-state index contributed by atoms with van der Waals surface area (Å²) in [5, 5.41) is 9.35. The lowest BCUT2D eigenvalue weighted by Crippen LogP contribution is -2.20. The van der Waals surface area contributed by atoms with Gasteiger partial charge in [0.2, 0.25) is 5.78 Å². The van der Waals surface area contributed by atoms with Gasteiger partial charge in [0.1, 0.15) is 5.78 Å². The fourth-order valence-electron chi connectivity index (χ4n) is 2.07. The molecule has 0 saturated heterocycles. The van der Waals surface area contributed by atoms with Crippen molar-refractivity contribution in [1.82, 2.24) is 19.2 Å². The molecule has 0 atom stereocenters. The second-order valence-electron chi connectivity index (χ2n) is 4.49. The third-order valence-corrected chi connectivity index (χ3v) is 4.07. The van der Waals surface area contributed by atoms with E-state index in [4.69, 9.17) is 0 Å². The average Bonchev–Trinajstić information content (AvgIpc) is 2.86. The minimum absolute atomic E-state index is 0.0703. The zero-order valence-corrected chi connectivity index (χ0v) is 11.8. The Hall–Kier alpha value is -2.15. The molecule has 7 heteroatoms. The Morgan fingerprint density at radius 2 is 2.05 bits per heavy atom. The normalized spacial score (nSPS) is 11.3. The van der Waals surface area contributed by atoms with E-state index < -0.39 is 0 Å². The van der Waals surface area contributed by atoms with Crippen LogP contribution >= 0.6 is 11.8 Å². The lowest BCUT2D eigenvalue weighted by molar-refractivity contribution is -0.114. The lowest BCUT2D eigenvalue weighted by Gasteiger charge is -2.06. The van der Waals surface area contributed by atoms with Crippen LogP contribution in [0.2, 0.25) is 0 Å². The molecule has 3 aromatic rings. The van der Waals surface area contributed by atoms with Crippen molar-refractivity contribution in [3.63, 3.8) is 0 Å². The van der Waals surface area contributed by atoms with E-state index in [-0.39, 0.29) is 11.3 Å². The summed E-state index contributed by atoms with van der Waals surface area (Å²) >= 11 is 1.32. The summed E-state index contributed by atoms with van der Waals surface area (Å²) in [6.07, 6.45) is 0. The summed E-state index contributed by atoms with van der Waals surface area (Å²) in [7, 11) is 1.66. The van der Waals surface area contributed by atoms with E-state index in [0.717, 1.165) is 5.52 Å². The lowest BCUT2D eigenvalue weighted by atomic mass is 10.2. The molecule has 2 aromatic heterocycles. The van der Waals surface area contributed by atoms with Gasteiger partial charge >= 0.3 is 0 Å². The van der Waals surface area contributed by atoms with Crippen LogP contribution in [0.5, 0.6) is 0 Å². The van der Waals surface area contributed by atoms with Gasteiger partial charge in [0.05, 0.1) is 16.7 Å². The topological polar surface area (TPSA) is 69.3 Å². The van der Waals surface area contributed by atoms with Crippen LogP contribution in [0.1, 0.15) is 6.92 Å². The Kier molecular flexibility index (Phi) is 3.06. The molecule has 0 unspecified atom stereocenters. The first-order valence-corrected chi connectivity index (χ1v) is 7.03. The van der Waals surface area contributed by atoms with Gasteiger partial charge < -0.3 is 0 Å². The number of carbonyl (C=O) groups is 1. The number of thioether (sulfide) groups is 1. The predicted octanol–water partition coefficient (Wildman–Crippen LogP) is 1.26. The first kappa shape index (κ1) is 12.9. The highest BCUT2D eigenvalue weighted by Gasteiger charge is 2.14. The molecule has 0 bridgehead atoms. The number of Topliss-reactive ketones (excluding diaryl/α,β-unsaturated/α-hetero) is 1. The van der Waals surface area contributed by atoms with E-state index in [9.17, 15) is 9.59 Å². The number of hydrogen-bond donors (Lipinski definition) is 0. The van der Waals surface area contributed by atoms with Gasteiger partial charge in [0, 0.05) is 7.05 Å². The SMILES string of the molecule is CC(=O)CSc1nnc2n(C)c(=O)c3ccccc3n12. The van der Waals surface area contributed by atoms with Gasteiger partial charge in [-0.1, -0.05) is 23.9 Å². The molecule has 0 N–H and O–H groups in total. The second kappa shape index (κ2) is 4.75. The number of hydrogen-bond acceptors (Lipinski definition) is 5. The molecule has 6 nitrogen and oxygen atoms in total. The van der Waals surface area contributed by atoms with Crippen LogP contribution in [0.4, 0.5) is 0 Å². The molecule has 0 aliphatic carbocycles. The van der Waals surface area contributed by atoms with Crippen LogP contribution in [-0.2, 0) is 11.8 Å². The number of aromatic nitrogens is 4. The maximum atomic E-state index is 12.2. The maximum absolute atomic E-state index is 12.2. The number of aryl methyl sites for hydroxylation is 1. The highest BCUT2D eigenvalue weighted by Crippen LogP contribution is 2.20. The van der Waals surface area contributed by atoms with E-state index in [1.54, 1.807) is 13.1 Å². The quantitative estimate of drug-likeness (QED) is 0.679. The molecule has 0 amide bonds. The Morgan fingerprint density at radius 3 is 2.80 bits per heavy atom. The summed E-state index contributed by atoms with van der Waals surface area (Å²) in [6.45, 7) is 1.53. The zero-order chi connectivity index (χ0) is 14.3. The van der Waals surface area contributed by atoms with Crippen molar-refractivity contribution >= 4 is 34.2 Å². The highest BCUT2D eigenvalue weighted by atomic mass is 32.2. The van der Waals surface area contributed by atoms with Gasteiger partial charge in [0.15, 0.2) is 5.16 Å². The maximum Gasteiger partial charge on any atom is 0.262 e. The van der Waals surface area contributed by atoms with Crippen LogP contribution in [0.15, 0.2) is 34.2 Å². The van der Waals surface area contributed by atoms with Crippen molar-refractivity contribution in [2.45, 2.75) is 12.1 Å². The standard InChI is InChI=1S/C13H12N4O2S/c1-8(18)7-20-13-15-14-12-16(2)11(19)9-5-3-4-6-10(9)17(12)13/h3-6H,7H2,1-2H3. The molecule has 1 aromatic carbocycles. The molecule has 20 heavy (non-hydrogen) atoms. The molecule has 0 saturated carbocycles. The molecule has 2 heterocycles.